The summed E-state index contributed by atoms with van der Waals surface area (Å²) in [6, 6.07) is 13.1. The molecule has 0 aliphatic carbocycles. The second-order valence-corrected chi connectivity index (χ2v) is 5.59. The molecule has 2 aromatic rings. The van der Waals surface area contributed by atoms with Gasteiger partial charge in [-0.2, -0.15) is 13.2 Å². The van der Waals surface area contributed by atoms with E-state index in [4.69, 9.17) is 11.6 Å². The summed E-state index contributed by atoms with van der Waals surface area (Å²) >= 11 is 5.78. The molecule has 0 radical (unpaired) electrons. The van der Waals surface area contributed by atoms with Gasteiger partial charge in [-0.1, -0.05) is 35.9 Å². The number of alkyl halides is 3. The zero-order chi connectivity index (χ0) is 18.3. The van der Waals surface area contributed by atoms with Crippen LogP contribution in [0.5, 0.6) is 5.75 Å². The molecule has 0 saturated heterocycles. The molecule has 0 spiro atoms. The lowest BCUT2D eigenvalue weighted by Crippen LogP contribution is -2.21. The maximum absolute atomic E-state index is 12.1. The first-order valence-electron chi connectivity index (χ1n) is 7.32. The second-order valence-electron chi connectivity index (χ2n) is 5.15. The predicted molar refractivity (Wildman–Crippen MR) is 90.3 cm³/mol. The van der Waals surface area contributed by atoms with Crippen molar-refractivity contribution in [2.24, 2.45) is 0 Å². The fraction of sp³-hybridized carbons (Fsp3) is 0.167. The van der Waals surface area contributed by atoms with Crippen LogP contribution in [0.1, 0.15) is 11.1 Å². The molecule has 0 unspecified atom stereocenters. The molecule has 0 aromatic heterocycles. The minimum atomic E-state index is -4.39. The van der Waals surface area contributed by atoms with Gasteiger partial charge in [-0.3, -0.25) is 4.79 Å². The van der Waals surface area contributed by atoms with Crippen molar-refractivity contribution in [1.82, 2.24) is 5.32 Å². The van der Waals surface area contributed by atoms with Gasteiger partial charge in [0.2, 0.25) is 5.91 Å². The van der Waals surface area contributed by atoms with Gasteiger partial charge in [0.05, 0.1) is 0 Å². The molecule has 0 bridgehead atoms. The minimum Gasteiger partial charge on any atom is -0.484 e. The Morgan fingerprint density at radius 2 is 1.88 bits per heavy atom. The zero-order valence-electron chi connectivity index (χ0n) is 13.0. The molecule has 3 nitrogen and oxygen atoms in total. The lowest BCUT2D eigenvalue weighted by Gasteiger charge is -2.10. The summed E-state index contributed by atoms with van der Waals surface area (Å²) in [7, 11) is 0. The number of hydrogen-bond donors (Lipinski definition) is 1. The Morgan fingerprint density at radius 1 is 1.16 bits per heavy atom. The van der Waals surface area contributed by atoms with Gasteiger partial charge in [0.25, 0.3) is 0 Å². The van der Waals surface area contributed by atoms with E-state index in [1.165, 1.54) is 18.2 Å². The molecule has 0 saturated carbocycles. The van der Waals surface area contributed by atoms with E-state index in [0.29, 0.717) is 10.6 Å². The lowest BCUT2D eigenvalue weighted by atomic mass is 10.2. The molecule has 7 heteroatoms. The molecule has 0 aliphatic heterocycles. The SMILES string of the molecule is O=C(C=Cc1ccc(Cl)cc1)NCc1cccc(OCC(F)(F)F)c1. The van der Waals surface area contributed by atoms with Crippen molar-refractivity contribution in [1.29, 1.82) is 0 Å². The van der Waals surface area contributed by atoms with Crippen molar-refractivity contribution in [3.8, 4) is 5.75 Å². The normalized spacial score (nSPS) is 11.5. The summed E-state index contributed by atoms with van der Waals surface area (Å²) in [5.74, 6) is -0.225. The Morgan fingerprint density at radius 3 is 2.56 bits per heavy atom. The van der Waals surface area contributed by atoms with Crippen molar-refractivity contribution in [2.45, 2.75) is 12.7 Å². The Kier molecular flexibility index (Phi) is 6.47. The highest BCUT2D eigenvalue weighted by atomic mass is 35.5. The van der Waals surface area contributed by atoms with Crippen LogP contribution < -0.4 is 10.1 Å². The van der Waals surface area contributed by atoms with Crippen LogP contribution in [0.4, 0.5) is 13.2 Å². The van der Waals surface area contributed by atoms with Crippen LogP contribution in [0.2, 0.25) is 5.02 Å². The monoisotopic (exact) mass is 369 g/mol. The van der Waals surface area contributed by atoms with E-state index < -0.39 is 12.8 Å². The second kappa shape index (κ2) is 8.58. The minimum absolute atomic E-state index is 0.0979. The molecule has 1 amide bonds. The summed E-state index contributed by atoms with van der Waals surface area (Å²) in [5.41, 5.74) is 1.45. The largest absolute Gasteiger partial charge is 0.484 e. The highest BCUT2D eigenvalue weighted by Gasteiger charge is 2.28. The molecule has 0 aliphatic rings. The predicted octanol–water partition coefficient (Wildman–Crippen LogP) is 4.61. The number of hydrogen-bond acceptors (Lipinski definition) is 2. The summed E-state index contributed by atoms with van der Waals surface area (Å²) < 4.78 is 41.1. The van der Waals surface area contributed by atoms with Crippen molar-refractivity contribution in [3.63, 3.8) is 0 Å². The van der Waals surface area contributed by atoms with Crippen LogP contribution in [-0.4, -0.2) is 18.7 Å². The molecule has 0 fully saturated rings. The number of nitrogens with one attached hydrogen (secondary N) is 1. The van der Waals surface area contributed by atoms with Gasteiger partial charge in [-0.15, -0.1) is 0 Å². The number of ether oxygens (including phenoxy) is 1. The highest BCUT2D eigenvalue weighted by Crippen LogP contribution is 2.19. The Hall–Kier alpha value is -2.47. The summed E-state index contributed by atoms with van der Waals surface area (Å²) in [6.45, 7) is -1.18. The molecular weight excluding hydrogens is 355 g/mol. The molecule has 0 atom stereocenters. The number of carbonyl (C=O) groups excluding carboxylic acids is 1. The summed E-state index contributed by atoms with van der Waals surface area (Å²) in [4.78, 5) is 11.8. The maximum Gasteiger partial charge on any atom is 0.422 e. The van der Waals surface area contributed by atoms with E-state index in [1.54, 1.807) is 42.5 Å². The quantitative estimate of drug-likeness (QED) is 0.755. The number of benzene rings is 2. The molecule has 1 N–H and O–H groups in total. The van der Waals surface area contributed by atoms with Crippen molar-refractivity contribution in [3.05, 3.63) is 70.8 Å². The fourth-order valence-corrected chi connectivity index (χ4v) is 2.03. The third-order valence-corrected chi connectivity index (χ3v) is 3.32. The lowest BCUT2D eigenvalue weighted by molar-refractivity contribution is -0.153. The van der Waals surface area contributed by atoms with Crippen molar-refractivity contribution >= 4 is 23.6 Å². The highest BCUT2D eigenvalue weighted by molar-refractivity contribution is 6.30. The van der Waals surface area contributed by atoms with Gasteiger partial charge in [0, 0.05) is 17.6 Å². The van der Waals surface area contributed by atoms with E-state index in [2.05, 4.69) is 10.1 Å². The smallest absolute Gasteiger partial charge is 0.422 e. The van der Waals surface area contributed by atoms with Gasteiger partial charge in [-0.25, -0.2) is 0 Å². The van der Waals surface area contributed by atoms with Crippen molar-refractivity contribution in [2.75, 3.05) is 6.61 Å². The maximum atomic E-state index is 12.1. The van der Waals surface area contributed by atoms with Gasteiger partial charge in [0.1, 0.15) is 5.75 Å². The summed E-state index contributed by atoms with van der Waals surface area (Å²) in [6.07, 6.45) is -1.39. The van der Waals surface area contributed by atoms with Gasteiger partial charge < -0.3 is 10.1 Å². The molecule has 25 heavy (non-hydrogen) atoms. The third-order valence-electron chi connectivity index (χ3n) is 3.06. The number of rotatable bonds is 6. The Balaban J connectivity index is 1.86. The first-order valence-corrected chi connectivity index (χ1v) is 7.69. The van der Waals surface area contributed by atoms with Crippen LogP contribution in [0.15, 0.2) is 54.6 Å². The first-order chi connectivity index (χ1) is 11.8. The van der Waals surface area contributed by atoms with E-state index in [1.807, 2.05) is 0 Å². The van der Waals surface area contributed by atoms with Gasteiger partial charge in [-0.05, 0) is 41.5 Å². The van der Waals surface area contributed by atoms with E-state index >= 15 is 0 Å². The zero-order valence-corrected chi connectivity index (χ0v) is 13.8. The summed E-state index contributed by atoms with van der Waals surface area (Å²) in [5, 5.41) is 3.26. The molecular formula is C18H15ClF3NO2. The average Bonchev–Trinajstić information content (AvgIpc) is 2.57. The van der Waals surface area contributed by atoms with Gasteiger partial charge >= 0.3 is 6.18 Å². The van der Waals surface area contributed by atoms with Crippen LogP contribution in [0, 0.1) is 0 Å². The molecule has 2 rings (SSSR count). The van der Waals surface area contributed by atoms with Crippen LogP contribution in [0.25, 0.3) is 6.08 Å². The van der Waals surface area contributed by atoms with Crippen LogP contribution in [0.3, 0.4) is 0 Å². The molecule has 0 heterocycles. The van der Waals surface area contributed by atoms with Gasteiger partial charge in [0.15, 0.2) is 6.61 Å². The standard InChI is InChI=1S/C18H15ClF3NO2/c19-15-7-4-13(5-8-15)6-9-17(24)23-11-14-2-1-3-16(10-14)25-12-18(20,21)22/h1-10H,11-12H2,(H,23,24). The van der Waals surface area contributed by atoms with E-state index in [-0.39, 0.29) is 18.2 Å². The first kappa shape index (κ1) is 18.9. The number of halogens is 4. The topological polar surface area (TPSA) is 38.3 Å². The number of amides is 1. The van der Waals surface area contributed by atoms with E-state index in [9.17, 15) is 18.0 Å². The third kappa shape index (κ3) is 7.30. The van der Waals surface area contributed by atoms with Crippen LogP contribution >= 0.6 is 11.6 Å². The van der Waals surface area contributed by atoms with E-state index in [0.717, 1.165) is 5.56 Å². The fourth-order valence-electron chi connectivity index (χ4n) is 1.90. The molecule has 2 aromatic carbocycles. The van der Waals surface area contributed by atoms with Crippen molar-refractivity contribution < 1.29 is 22.7 Å². The van der Waals surface area contributed by atoms with Crippen LogP contribution in [-0.2, 0) is 11.3 Å². The number of carbonyl (C=O) groups is 1. The Bertz CT molecular complexity index is 743. The average molecular weight is 370 g/mol. The Labute approximate surface area is 148 Å². The molecule has 132 valence electrons.